The quantitative estimate of drug-likeness (QED) is 0.876. The molecule has 18 heavy (non-hydrogen) atoms. The van der Waals surface area contributed by atoms with Gasteiger partial charge in [0.1, 0.15) is 5.82 Å². The van der Waals surface area contributed by atoms with Gasteiger partial charge in [0.05, 0.1) is 12.1 Å². The molecular formula is C13H17N3O2. The molecule has 0 aliphatic heterocycles. The van der Waals surface area contributed by atoms with E-state index in [9.17, 15) is 4.79 Å². The van der Waals surface area contributed by atoms with E-state index in [-0.39, 0.29) is 5.69 Å². The summed E-state index contributed by atoms with van der Waals surface area (Å²) in [6, 6.07) is 5.48. The molecular weight excluding hydrogens is 230 g/mol. The third-order valence-electron chi connectivity index (χ3n) is 2.84. The summed E-state index contributed by atoms with van der Waals surface area (Å²) in [6.45, 7) is 3.72. The molecule has 0 aromatic carbocycles. The minimum absolute atomic E-state index is 0.121. The maximum absolute atomic E-state index is 11.2. The van der Waals surface area contributed by atoms with E-state index in [0.717, 1.165) is 18.8 Å². The first kappa shape index (κ1) is 12.6. The minimum atomic E-state index is -0.983. The van der Waals surface area contributed by atoms with Crippen molar-refractivity contribution in [1.82, 2.24) is 14.3 Å². The summed E-state index contributed by atoms with van der Waals surface area (Å²) < 4.78 is 1.84. The zero-order chi connectivity index (χ0) is 13.1. The second kappa shape index (κ2) is 5.18. The number of imidazole rings is 1. The Hall–Kier alpha value is -1.88. The van der Waals surface area contributed by atoms with Gasteiger partial charge in [-0.2, -0.15) is 0 Å². The van der Waals surface area contributed by atoms with Gasteiger partial charge in [-0.15, -0.1) is 0 Å². The fourth-order valence-corrected chi connectivity index (χ4v) is 2.07. The average molecular weight is 247 g/mol. The summed E-state index contributed by atoms with van der Waals surface area (Å²) in [5.41, 5.74) is 0.764. The highest BCUT2D eigenvalue weighted by Gasteiger charge is 2.16. The molecule has 5 nitrogen and oxygen atoms in total. The summed E-state index contributed by atoms with van der Waals surface area (Å²) in [5, 5.41) is 9.14. The van der Waals surface area contributed by atoms with E-state index < -0.39 is 5.97 Å². The second-order valence-electron chi connectivity index (χ2n) is 4.38. The maximum atomic E-state index is 11.2. The van der Waals surface area contributed by atoms with Crippen LogP contribution in [0.4, 0.5) is 0 Å². The van der Waals surface area contributed by atoms with Crippen molar-refractivity contribution in [3.05, 3.63) is 35.9 Å². The van der Waals surface area contributed by atoms with E-state index >= 15 is 0 Å². The zero-order valence-electron chi connectivity index (χ0n) is 10.6. The molecule has 0 atom stereocenters. The molecule has 2 aromatic heterocycles. The standard InChI is InChI=1S/C13H17N3O2/c1-3-7-15(2)9-11-14-12(13(17)18)10-6-4-5-8-16(10)11/h4-6,8H,3,7,9H2,1-2H3,(H,17,18). The molecule has 0 aliphatic rings. The number of nitrogens with zero attached hydrogens (tertiary/aromatic N) is 3. The van der Waals surface area contributed by atoms with E-state index in [0.29, 0.717) is 12.1 Å². The summed E-state index contributed by atoms with van der Waals surface area (Å²) in [7, 11) is 2.01. The lowest BCUT2D eigenvalue weighted by Crippen LogP contribution is -2.20. The topological polar surface area (TPSA) is 57.8 Å². The number of carboxylic acids is 1. The van der Waals surface area contributed by atoms with E-state index in [2.05, 4.69) is 16.8 Å². The van der Waals surface area contributed by atoms with Gasteiger partial charge in [0, 0.05) is 6.20 Å². The highest BCUT2D eigenvalue weighted by atomic mass is 16.4. The zero-order valence-corrected chi connectivity index (χ0v) is 10.6. The van der Waals surface area contributed by atoms with Crippen LogP contribution in [0.5, 0.6) is 0 Å². The minimum Gasteiger partial charge on any atom is -0.476 e. The Morgan fingerprint density at radius 2 is 2.28 bits per heavy atom. The number of carbonyl (C=O) groups is 1. The van der Waals surface area contributed by atoms with E-state index in [1.54, 1.807) is 6.07 Å². The van der Waals surface area contributed by atoms with Gasteiger partial charge in [0.2, 0.25) is 0 Å². The lowest BCUT2D eigenvalue weighted by Gasteiger charge is -2.14. The molecule has 1 N–H and O–H groups in total. The van der Waals surface area contributed by atoms with E-state index in [1.165, 1.54) is 0 Å². The Bertz CT molecular complexity index is 562. The third-order valence-corrected chi connectivity index (χ3v) is 2.84. The Morgan fingerprint density at radius 3 is 2.94 bits per heavy atom. The van der Waals surface area contributed by atoms with Crippen LogP contribution in [0.3, 0.4) is 0 Å². The first-order valence-corrected chi connectivity index (χ1v) is 6.01. The van der Waals surface area contributed by atoms with Crippen molar-refractivity contribution in [3.63, 3.8) is 0 Å². The fraction of sp³-hybridized carbons (Fsp3) is 0.385. The largest absolute Gasteiger partial charge is 0.476 e. The van der Waals surface area contributed by atoms with Crippen LogP contribution >= 0.6 is 0 Å². The Labute approximate surface area is 106 Å². The SMILES string of the molecule is CCCN(C)Cc1nc(C(=O)O)c2ccccn12. The van der Waals surface area contributed by atoms with Gasteiger partial charge in [-0.25, -0.2) is 9.78 Å². The Morgan fingerprint density at radius 1 is 1.50 bits per heavy atom. The van der Waals surface area contributed by atoms with Crippen LogP contribution in [0.2, 0.25) is 0 Å². The van der Waals surface area contributed by atoms with Gasteiger partial charge >= 0.3 is 5.97 Å². The van der Waals surface area contributed by atoms with Crippen molar-refractivity contribution >= 4 is 11.5 Å². The number of hydrogen-bond acceptors (Lipinski definition) is 3. The normalized spacial score (nSPS) is 11.3. The molecule has 96 valence electrons. The Balaban J connectivity index is 2.41. The van der Waals surface area contributed by atoms with Crippen LogP contribution in [0.25, 0.3) is 5.52 Å². The molecule has 0 unspecified atom stereocenters. The molecule has 2 aromatic rings. The summed E-state index contributed by atoms with van der Waals surface area (Å²) >= 11 is 0. The van der Waals surface area contributed by atoms with Gasteiger partial charge in [-0.1, -0.05) is 13.0 Å². The van der Waals surface area contributed by atoms with Crippen LogP contribution < -0.4 is 0 Å². The van der Waals surface area contributed by atoms with Crippen LogP contribution in [-0.2, 0) is 6.54 Å². The number of carboxylic acid groups (broad SMARTS) is 1. The van der Waals surface area contributed by atoms with Crippen LogP contribution in [-0.4, -0.2) is 39.0 Å². The number of aromatic carboxylic acids is 1. The molecule has 2 heterocycles. The van der Waals surface area contributed by atoms with Crippen molar-refractivity contribution in [2.45, 2.75) is 19.9 Å². The smallest absolute Gasteiger partial charge is 0.356 e. The molecule has 0 spiro atoms. The van der Waals surface area contributed by atoms with Crippen molar-refractivity contribution in [1.29, 1.82) is 0 Å². The maximum Gasteiger partial charge on any atom is 0.356 e. The molecule has 2 rings (SSSR count). The van der Waals surface area contributed by atoms with Crippen LogP contribution in [0.15, 0.2) is 24.4 Å². The van der Waals surface area contributed by atoms with Gasteiger partial charge in [0.25, 0.3) is 0 Å². The number of rotatable bonds is 5. The molecule has 0 saturated heterocycles. The molecule has 5 heteroatoms. The molecule has 0 radical (unpaired) electrons. The summed E-state index contributed by atoms with van der Waals surface area (Å²) in [4.78, 5) is 17.5. The first-order valence-electron chi connectivity index (χ1n) is 6.01. The number of fused-ring (bicyclic) bond motifs is 1. The van der Waals surface area contributed by atoms with Crippen LogP contribution in [0.1, 0.15) is 29.7 Å². The van der Waals surface area contributed by atoms with E-state index in [1.807, 2.05) is 29.8 Å². The summed E-state index contributed by atoms with van der Waals surface area (Å²) in [5.74, 6) is -0.220. The lowest BCUT2D eigenvalue weighted by molar-refractivity contribution is 0.0693. The first-order chi connectivity index (χ1) is 8.63. The predicted molar refractivity (Wildman–Crippen MR) is 68.8 cm³/mol. The van der Waals surface area contributed by atoms with Crippen molar-refractivity contribution < 1.29 is 9.90 Å². The summed E-state index contributed by atoms with van der Waals surface area (Å²) in [6.07, 6.45) is 2.91. The highest BCUT2D eigenvalue weighted by Crippen LogP contribution is 2.14. The molecule has 0 bridgehead atoms. The average Bonchev–Trinajstić information content (AvgIpc) is 2.69. The number of hydrogen-bond donors (Lipinski definition) is 1. The molecule has 0 saturated carbocycles. The molecule has 0 amide bonds. The number of aromatic nitrogens is 2. The van der Waals surface area contributed by atoms with E-state index in [4.69, 9.17) is 5.11 Å². The van der Waals surface area contributed by atoms with Crippen molar-refractivity contribution in [2.24, 2.45) is 0 Å². The van der Waals surface area contributed by atoms with Gasteiger partial charge in [-0.05, 0) is 32.1 Å². The highest BCUT2D eigenvalue weighted by molar-refractivity contribution is 5.93. The van der Waals surface area contributed by atoms with Crippen molar-refractivity contribution in [2.75, 3.05) is 13.6 Å². The third kappa shape index (κ3) is 2.36. The van der Waals surface area contributed by atoms with Gasteiger partial charge in [0.15, 0.2) is 5.69 Å². The Kier molecular flexibility index (Phi) is 3.62. The van der Waals surface area contributed by atoms with Crippen molar-refractivity contribution in [3.8, 4) is 0 Å². The lowest BCUT2D eigenvalue weighted by atomic mass is 10.3. The fourth-order valence-electron chi connectivity index (χ4n) is 2.07. The molecule has 0 fully saturated rings. The number of pyridine rings is 1. The molecule has 0 aliphatic carbocycles. The monoisotopic (exact) mass is 247 g/mol. The predicted octanol–water partition coefficient (Wildman–Crippen LogP) is 1.87. The van der Waals surface area contributed by atoms with Crippen LogP contribution in [0, 0.1) is 0 Å². The van der Waals surface area contributed by atoms with Gasteiger partial charge < -0.3 is 9.51 Å². The second-order valence-corrected chi connectivity index (χ2v) is 4.38. The van der Waals surface area contributed by atoms with Gasteiger partial charge in [-0.3, -0.25) is 4.90 Å².